The van der Waals surface area contributed by atoms with Gasteiger partial charge >= 0.3 is 0 Å². The van der Waals surface area contributed by atoms with E-state index in [1.54, 1.807) is 11.1 Å². The number of allylic oxidation sites excluding steroid dienone is 2. The number of hydrogen-bond acceptors (Lipinski definition) is 1. The molecule has 30 heavy (non-hydrogen) atoms. The fraction of sp³-hybridized carbons (Fsp3) is 0.679. The smallest absolute Gasteiger partial charge is 0.230 e. The van der Waals surface area contributed by atoms with Crippen molar-refractivity contribution in [2.24, 2.45) is 22.2 Å². The molecule has 1 N–H and O–H groups in total. The van der Waals surface area contributed by atoms with Crippen LogP contribution in [0.15, 0.2) is 29.3 Å². The Labute approximate surface area is 183 Å². The summed E-state index contributed by atoms with van der Waals surface area (Å²) in [5, 5.41) is 3.38. The van der Waals surface area contributed by atoms with Crippen LogP contribution in [0.2, 0.25) is 0 Å². The second-order valence-electron chi connectivity index (χ2n) is 11.4. The minimum absolute atomic E-state index is 0.202. The first kappa shape index (κ1) is 21.7. The minimum Gasteiger partial charge on any atom is -0.325 e. The fourth-order valence-electron chi connectivity index (χ4n) is 7.28. The average Bonchev–Trinajstić information content (AvgIpc) is 2.70. The first-order chi connectivity index (χ1) is 14.1. The highest BCUT2D eigenvalue weighted by molar-refractivity contribution is 5.96. The van der Waals surface area contributed by atoms with Gasteiger partial charge in [0.05, 0.1) is 5.41 Å². The molecule has 0 radical (unpaired) electrons. The van der Waals surface area contributed by atoms with E-state index in [0.29, 0.717) is 11.3 Å². The molecule has 1 amide bonds. The summed E-state index contributed by atoms with van der Waals surface area (Å²) in [6.45, 7) is 13.8. The second kappa shape index (κ2) is 7.53. The van der Waals surface area contributed by atoms with Gasteiger partial charge < -0.3 is 5.32 Å². The number of nitrogens with one attached hydrogen (secondary N) is 1. The molecular weight excluding hydrogens is 366 g/mol. The molecule has 1 saturated carbocycles. The zero-order valence-corrected chi connectivity index (χ0v) is 20.1. The van der Waals surface area contributed by atoms with E-state index in [0.717, 1.165) is 29.7 Å². The summed E-state index contributed by atoms with van der Waals surface area (Å²) in [5.74, 6) is 0.696. The van der Waals surface area contributed by atoms with Gasteiger partial charge in [-0.3, -0.25) is 4.79 Å². The lowest BCUT2D eigenvalue weighted by Gasteiger charge is -2.57. The van der Waals surface area contributed by atoms with Crippen molar-refractivity contribution in [2.75, 3.05) is 5.32 Å². The van der Waals surface area contributed by atoms with E-state index in [9.17, 15) is 4.79 Å². The van der Waals surface area contributed by atoms with Crippen LogP contribution in [0.1, 0.15) is 96.6 Å². The molecule has 0 spiro atoms. The van der Waals surface area contributed by atoms with Gasteiger partial charge in [0.1, 0.15) is 0 Å². The zero-order valence-electron chi connectivity index (χ0n) is 20.1. The van der Waals surface area contributed by atoms with Crippen molar-refractivity contribution in [3.63, 3.8) is 0 Å². The Morgan fingerprint density at radius 2 is 1.77 bits per heavy atom. The van der Waals surface area contributed by atoms with Crippen molar-refractivity contribution in [2.45, 2.75) is 99.3 Å². The Bertz CT molecular complexity index is 862. The molecule has 1 fully saturated rings. The Balaban J connectivity index is 1.65. The molecule has 0 aliphatic heterocycles. The van der Waals surface area contributed by atoms with E-state index < -0.39 is 0 Å². The van der Waals surface area contributed by atoms with Gasteiger partial charge in [0.25, 0.3) is 0 Å². The van der Waals surface area contributed by atoms with Crippen LogP contribution in [0.25, 0.3) is 0 Å². The maximum atomic E-state index is 13.8. The third-order valence-electron chi connectivity index (χ3n) is 9.49. The molecule has 2 unspecified atom stereocenters. The number of fused-ring (bicyclic) bond motifs is 2. The highest BCUT2D eigenvalue weighted by Gasteiger charge is 2.56. The summed E-state index contributed by atoms with van der Waals surface area (Å²) in [6, 6.07) is 6.27. The number of benzene rings is 1. The number of para-hydroxylation sites is 1. The second-order valence-corrected chi connectivity index (χ2v) is 11.4. The Hall–Kier alpha value is -1.57. The van der Waals surface area contributed by atoms with E-state index in [1.807, 2.05) is 0 Å². The highest BCUT2D eigenvalue weighted by atomic mass is 16.2. The van der Waals surface area contributed by atoms with E-state index in [1.165, 1.54) is 44.9 Å². The fourth-order valence-corrected chi connectivity index (χ4v) is 7.28. The molecule has 4 atom stereocenters. The molecule has 4 rings (SSSR count). The molecule has 1 aromatic rings. The van der Waals surface area contributed by atoms with Gasteiger partial charge in [-0.2, -0.15) is 0 Å². The maximum Gasteiger partial charge on any atom is 0.230 e. The van der Waals surface area contributed by atoms with E-state index in [-0.39, 0.29) is 16.7 Å². The maximum absolute atomic E-state index is 13.8. The third kappa shape index (κ3) is 3.35. The number of anilines is 1. The molecule has 1 aromatic carbocycles. The van der Waals surface area contributed by atoms with Gasteiger partial charge in [-0.15, -0.1) is 0 Å². The van der Waals surface area contributed by atoms with E-state index in [2.05, 4.69) is 65.1 Å². The van der Waals surface area contributed by atoms with Crippen molar-refractivity contribution in [3.05, 3.63) is 40.5 Å². The van der Waals surface area contributed by atoms with Crippen LogP contribution in [-0.4, -0.2) is 5.91 Å². The molecule has 164 valence electrons. The SMILES string of the molecule is CC[C@]1(C)CCC2=C(CCC3C2(C)CCC[C@@]3(C)C(=O)Nc2c(C)cccc2C)C1. The van der Waals surface area contributed by atoms with E-state index in [4.69, 9.17) is 0 Å². The van der Waals surface area contributed by atoms with Crippen molar-refractivity contribution < 1.29 is 4.79 Å². The lowest BCUT2D eigenvalue weighted by molar-refractivity contribution is -0.135. The van der Waals surface area contributed by atoms with Crippen molar-refractivity contribution in [1.29, 1.82) is 0 Å². The number of carbonyl (C=O) groups excluding carboxylic acids is 1. The Kier molecular flexibility index (Phi) is 5.44. The summed E-state index contributed by atoms with van der Waals surface area (Å²) < 4.78 is 0. The zero-order chi connectivity index (χ0) is 21.7. The third-order valence-corrected chi connectivity index (χ3v) is 9.49. The summed E-state index contributed by atoms with van der Waals surface area (Å²) in [6.07, 6.45) is 10.9. The van der Waals surface area contributed by atoms with Gasteiger partial charge in [-0.1, -0.05) is 69.9 Å². The van der Waals surface area contributed by atoms with Crippen LogP contribution in [0.5, 0.6) is 0 Å². The highest BCUT2D eigenvalue weighted by Crippen LogP contribution is 2.63. The number of amides is 1. The molecule has 3 aliphatic carbocycles. The summed E-state index contributed by atoms with van der Waals surface area (Å²) in [5.41, 5.74) is 7.23. The van der Waals surface area contributed by atoms with Crippen LogP contribution in [0, 0.1) is 36.0 Å². The van der Waals surface area contributed by atoms with Crippen LogP contribution >= 0.6 is 0 Å². The van der Waals surface area contributed by atoms with Crippen LogP contribution in [-0.2, 0) is 4.79 Å². The molecule has 2 heteroatoms. The van der Waals surface area contributed by atoms with Gasteiger partial charge in [0.2, 0.25) is 5.91 Å². The lowest BCUT2D eigenvalue weighted by Crippen LogP contribution is -2.52. The van der Waals surface area contributed by atoms with Crippen molar-refractivity contribution in [3.8, 4) is 0 Å². The predicted octanol–water partition coefficient (Wildman–Crippen LogP) is 7.75. The van der Waals surface area contributed by atoms with Crippen molar-refractivity contribution in [1.82, 2.24) is 0 Å². The predicted molar refractivity (Wildman–Crippen MR) is 127 cm³/mol. The largest absolute Gasteiger partial charge is 0.325 e. The van der Waals surface area contributed by atoms with Crippen LogP contribution < -0.4 is 5.32 Å². The quantitative estimate of drug-likeness (QED) is 0.510. The molecule has 0 aromatic heterocycles. The number of carbonyl (C=O) groups is 1. The minimum atomic E-state index is -0.286. The first-order valence-electron chi connectivity index (χ1n) is 12.2. The molecule has 3 aliphatic rings. The standard InChI is InChI=1S/C28H41NO/c1-7-26(4)17-14-22-21(18-26)12-13-23-27(22,5)15-9-16-28(23,6)25(30)29-24-19(2)10-8-11-20(24)3/h8,10-11,23H,7,9,12-18H2,1-6H3,(H,29,30)/t23?,26-,27?,28-/m1/s1. The van der Waals surface area contributed by atoms with Crippen molar-refractivity contribution >= 4 is 11.6 Å². The monoisotopic (exact) mass is 407 g/mol. The Morgan fingerprint density at radius 3 is 2.43 bits per heavy atom. The van der Waals surface area contributed by atoms with Gasteiger partial charge in [0.15, 0.2) is 0 Å². The topological polar surface area (TPSA) is 29.1 Å². The van der Waals surface area contributed by atoms with Crippen LogP contribution in [0.4, 0.5) is 5.69 Å². The molecule has 0 heterocycles. The van der Waals surface area contributed by atoms with Gasteiger partial charge in [-0.05, 0) is 86.7 Å². The molecule has 2 nitrogen and oxygen atoms in total. The van der Waals surface area contributed by atoms with Crippen LogP contribution in [0.3, 0.4) is 0 Å². The van der Waals surface area contributed by atoms with Gasteiger partial charge in [0, 0.05) is 5.69 Å². The lowest BCUT2D eigenvalue weighted by atomic mass is 9.47. The first-order valence-corrected chi connectivity index (χ1v) is 12.2. The molecule has 0 saturated heterocycles. The average molecular weight is 408 g/mol. The number of rotatable bonds is 3. The molecular formula is C28H41NO. The Morgan fingerprint density at radius 1 is 1.07 bits per heavy atom. The van der Waals surface area contributed by atoms with Gasteiger partial charge in [-0.25, -0.2) is 0 Å². The summed E-state index contributed by atoms with van der Waals surface area (Å²) >= 11 is 0. The number of hydrogen-bond donors (Lipinski definition) is 1. The van der Waals surface area contributed by atoms with E-state index >= 15 is 0 Å². The number of aryl methyl sites for hydroxylation is 2. The molecule has 0 bridgehead atoms. The normalized spacial score (nSPS) is 36.1. The summed E-state index contributed by atoms with van der Waals surface area (Å²) in [7, 11) is 0. The summed E-state index contributed by atoms with van der Waals surface area (Å²) in [4.78, 5) is 13.8.